The number of hydrogen-bond donors (Lipinski definition) is 1. The largest absolute Gasteiger partial charge is 0.380 e. The van der Waals surface area contributed by atoms with Gasteiger partial charge >= 0.3 is 0 Å². The van der Waals surface area contributed by atoms with Gasteiger partial charge in [0, 0.05) is 13.2 Å². The molecule has 2 unspecified atom stereocenters. The van der Waals surface area contributed by atoms with Crippen molar-refractivity contribution in [2.75, 3.05) is 14.2 Å². The molecule has 0 aliphatic heterocycles. The van der Waals surface area contributed by atoms with E-state index in [4.69, 9.17) is 16.3 Å². The van der Waals surface area contributed by atoms with E-state index in [9.17, 15) is 4.39 Å². The Hall–Kier alpha value is -0.640. The summed E-state index contributed by atoms with van der Waals surface area (Å²) in [5, 5.41) is 3.40. The van der Waals surface area contributed by atoms with Crippen LogP contribution in [0, 0.1) is 5.82 Å². The first-order chi connectivity index (χ1) is 8.13. The Bertz CT molecular complexity index is 355. The number of benzene rings is 1. The lowest BCUT2D eigenvalue weighted by Gasteiger charge is -2.25. The molecule has 0 fully saturated rings. The summed E-state index contributed by atoms with van der Waals surface area (Å²) in [4.78, 5) is 0. The van der Waals surface area contributed by atoms with Gasteiger partial charge in [-0.05, 0) is 31.5 Å². The van der Waals surface area contributed by atoms with E-state index in [2.05, 4.69) is 12.2 Å². The van der Waals surface area contributed by atoms with Crippen LogP contribution in [-0.4, -0.2) is 26.3 Å². The monoisotopic (exact) mass is 259 g/mol. The van der Waals surface area contributed by atoms with Crippen LogP contribution in [-0.2, 0) is 11.2 Å². The van der Waals surface area contributed by atoms with E-state index < -0.39 is 0 Å². The molecule has 0 aliphatic rings. The Balaban J connectivity index is 2.83. The van der Waals surface area contributed by atoms with E-state index in [1.807, 2.05) is 13.1 Å². The standard InChI is InChI=1S/C13H19ClFNO/c1-4-12(17-3)11(16-2)8-9-6-5-7-10(15)13(9)14/h5-7,11-12,16H,4,8H2,1-3H3. The van der Waals surface area contributed by atoms with Crippen molar-refractivity contribution in [3.8, 4) is 0 Å². The molecular formula is C13H19ClFNO. The first-order valence-corrected chi connectivity index (χ1v) is 6.14. The summed E-state index contributed by atoms with van der Waals surface area (Å²) >= 11 is 5.94. The van der Waals surface area contributed by atoms with Gasteiger partial charge in [0.05, 0.1) is 11.1 Å². The second-order valence-electron chi connectivity index (χ2n) is 3.99. The van der Waals surface area contributed by atoms with Crippen LogP contribution in [0.5, 0.6) is 0 Å². The topological polar surface area (TPSA) is 21.3 Å². The predicted octanol–water partition coefficient (Wildman–Crippen LogP) is 3.03. The van der Waals surface area contributed by atoms with Gasteiger partial charge in [-0.2, -0.15) is 0 Å². The molecule has 0 spiro atoms. The summed E-state index contributed by atoms with van der Waals surface area (Å²) in [5.41, 5.74) is 0.807. The van der Waals surface area contributed by atoms with E-state index in [0.29, 0.717) is 6.42 Å². The second kappa shape index (κ2) is 6.94. The van der Waals surface area contributed by atoms with Crippen molar-refractivity contribution in [1.29, 1.82) is 0 Å². The molecule has 2 nitrogen and oxygen atoms in total. The highest BCUT2D eigenvalue weighted by molar-refractivity contribution is 6.31. The van der Waals surface area contributed by atoms with Gasteiger partial charge in [-0.1, -0.05) is 30.7 Å². The number of halogens is 2. The molecule has 0 bridgehead atoms. The number of hydrogen-bond acceptors (Lipinski definition) is 2. The number of ether oxygens (including phenoxy) is 1. The van der Waals surface area contributed by atoms with Crippen molar-refractivity contribution < 1.29 is 9.13 Å². The summed E-state index contributed by atoms with van der Waals surface area (Å²) in [6.07, 6.45) is 1.65. The Labute approximate surface area is 107 Å². The SMILES string of the molecule is CCC(OC)C(Cc1cccc(F)c1Cl)NC. The zero-order chi connectivity index (χ0) is 12.8. The average Bonchev–Trinajstić information content (AvgIpc) is 2.34. The predicted molar refractivity (Wildman–Crippen MR) is 69.0 cm³/mol. The maximum absolute atomic E-state index is 13.3. The first kappa shape index (κ1) is 14.4. The Morgan fingerprint density at radius 2 is 2.18 bits per heavy atom. The van der Waals surface area contributed by atoms with Crippen LogP contribution in [0.1, 0.15) is 18.9 Å². The van der Waals surface area contributed by atoms with E-state index in [0.717, 1.165) is 12.0 Å². The lowest BCUT2D eigenvalue weighted by molar-refractivity contribution is 0.0678. The highest BCUT2D eigenvalue weighted by atomic mass is 35.5. The van der Waals surface area contributed by atoms with Crippen molar-refractivity contribution in [3.05, 3.63) is 34.6 Å². The van der Waals surface area contributed by atoms with Crippen molar-refractivity contribution in [3.63, 3.8) is 0 Å². The van der Waals surface area contributed by atoms with E-state index in [1.54, 1.807) is 13.2 Å². The molecule has 0 aromatic heterocycles. The van der Waals surface area contributed by atoms with Gasteiger partial charge in [0.15, 0.2) is 0 Å². The number of methoxy groups -OCH3 is 1. The zero-order valence-electron chi connectivity index (χ0n) is 10.5. The molecule has 4 heteroatoms. The minimum atomic E-state index is -0.371. The van der Waals surface area contributed by atoms with Crippen molar-refractivity contribution in [2.45, 2.75) is 31.9 Å². The third kappa shape index (κ3) is 3.66. The average molecular weight is 260 g/mol. The van der Waals surface area contributed by atoms with Gasteiger partial charge in [0.1, 0.15) is 5.82 Å². The Morgan fingerprint density at radius 1 is 1.47 bits per heavy atom. The van der Waals surface area contributed by atoms with Crippen LogP contribution < -0.4 is 5.32 Å². The summed E-state index contributed by atoms with van der Waals surface area (Å²) < 4.78 is 18.7. The molecule has 96 valence electrons. The molecule has 0 radical (unpaired) electrons. The van der Waals surface area contributed by atoms with Gasteiger partial charge in [0.2, 0.25) is 0 Å². The van der Waals surface area contributed by atoms with E-state index in [1.165, 1.54) is 6.07 Å². The van der Waals surface area contributed by atoms with Crippen molar-refractivity contribution >= 4 is 11.6 Å². The van der Waals surface area contributed by atoms with E-state index >= 15 is 0 Å². The molecule has 2 atom stereocenters. The lowest BCUT2D eigenvalue weighted by Crippen LogP contribution is -2.40. The van der Waals surface area contributed by atoms with Gasteiger partial charge in [-0.3, -0.25) is 0 Å². The summed E-state index contributed by atoms with van der Waals surface area (Å²) in [6.45, 7) is 2.06. The lowest BCUT2D eigenvalue weighted by atomic mass is 9.99. The quantitative estimate of drug-likeness (QED) is 0.848. The fourth-order valence-corrected chi connectivity index (χ4v) is 2.18. The summed E-state index contributed by atoms with van der Waals surface area (Å²) in [5.74, 6) is -0.371. The first-order valence-electron chi connectivity index (χ1n) is 5.77. The van der Waals surface area contributed by atoms with Crippen LogP contribution in [0.4, 0.5) is 4.39 Å². The third-order valence-corrected chi connectivity index (χ3v) is 3.42. The zero-order valence-corrected chi connectivity index (χ0v) is 11.2. The molecule has 1 aromatic rings. The highest BCUT2D eigenvalue weighted by Crippen LogP contribution is 2.22. The summed E-state index contributed by atoms with van der Waals surface area (Å²) in [7, 11) is 3.56. The van der Waals surface area contributed by atoms with Gasteiger partial charge < -0.3 is 10.1 Å². The maximum Gasteiger partial charge on any atom is 0.142 e. The Kier molecular flexibility index (Phi) is 5.89. The van der Waals surface area contributed by atoms with Crippen molar-refractivity contribution in [2.24, 2.45) is 0 Å². The van der Waals surface area contributed by atoms with Crippen LogP contribution in [0.25, 0.3) is 0 Å². The highest BCUT2D eigenvalue weighted by Gasteiger charge is 2.19. The number of rotatable bonds is 6. The van der Waals surface area contributed by atoms with Gasteiger partial charge in [0.25, 0.3) is 0 Å². The van der Waals surface area contributed by atoms with Gasteiger partial charge in [-0.25, -0.2) is 4.39 Å². The molecule has 0 amide bonds. The van der Waals surface area contributed by atoms with Crippen molar-refractivity contribution in [1.82, 2.24) is 5.32 Å². The molecule has 0 heterocycles. The second-order valence-corrected chi connectivity index (χ2v) is 4.37. The van der Waals surface area contributed by atoms with Crippen LogP contribution in [0.3, 0.4) is 0 Å². The minimum absolute atomic E-state index is 0.0966. The molecular weight excluding hydrogens is 241 g/mol. The molecule has 17 heavy (non-hydrogen) atoms. The number of nitrogens with one attached hydrogen (secondary N) is 1. The van der Waals surface area contributed by atoms with Crippen LogP contribution >= 0.6 is 11.6 Å². The maximum atomic E-state index is 13.3. The molecule has 0 aliphatic carbocycles. The fraction of sp³-hybridized carbons (Fsp3) is 0.538. The fourth-order valence-electron chi connectivity index (χ4n) is 1.98. The van der Waals surface area contributed by atoms with Crippen LogP contribution in [0.15, 0.2) is 18.2 Å². The normalized spacial score (nSPS) is 14.6. The van der Waals surface area contributed by atoms with E-state index in [-0.39, 0.29) is 23.0 Å². The number of likely N-dealkylation sites (N-methyl/N-ethyl adjacent to an activating group) is 1. The molecule has 0 saturated heterocycles. The van der Waals surface area contributed by atoms with Crippen LogP contribution in [0.2, 0.25) is 5.02 Å². The third-order valence-electron chi connectivity index (χ3n) is 3.00. The molecule has 1 aromatic carbocycles. The molecule has 1 rings (SSSR count). The molecule has 0 saturated carbocycles. The summed E-state index contributed by atoms with van der Waals surface area (Å²) in [6, 6.07) is 5.02. The van der Waals surface area contributed by atoms with Gasteiger partial charge in [-0.15, -0.1) is 0 Å². The molecule has 1 N–H and O–H groups in total. The smallest absolute Gasteiger partial charge is 0.142 e. The minimum Gasteiger partial charge on any atom is -0.380 e. The Morgan fingerprint density at radius 3 is 2.71 bits per heavy atom.